The second kappa shape index (κ2) is 2.17. The van der Waals surface area contributed by atoms with E-state index in [0.29, 0.717) is 0 Å². The van der Waals surface area contributed by atoms with E-state index in [-0.39, 0.29) is 0 Å². The van der Waals surface area contributed by atoms with Crippen molar-refractivity contribution in [1.29, 1.82) is 0 Å². The van der Waals surface area contributed by atoms with Gasteiger partial charge in [-0.25, -0.2) is 8.78 Å². The lowest BCUT2D eigenvalue weighted by molar-refractivity contribution is 0.598. The molecule has 0 unspecified atom stereocenters. The Bertz CT molecular complexity index is 202. The van der Waals surface area contributed by atoms with Gasteiger partial charge in [0.2, 0.25) is 0 Å². The van der Waals surface area contributed by atoms with Gasteiger partial charge in [0.1, 0.15) is 19.5 Å². The molecule has 0 N–H and O–H groups in total. The minimum atomic E-state index is -0.713. The lowest BCUT2D eigenvalue weighted by Crippen LogP contribution is -2.12. The van der Waals surface area contributed by atoms with Crippen LogP contribution in [0.2, 0.25) is 0 Å². The SMILES string of the molecule is [B]c1c(F)cccc1F. The van der Waals surface area contributed by atoms with Gasteiger partial charge < -0.3 is 0 Å². The molecular weight excluding hydrogens is 121 g/mol. The third-order valence-electron chi connectivity index (χ3n) is 1.000. The van der Waals surface area contributed by atoms with Gasteiger partial charge in [-0.15, -0.1) is 0 Å². The molecule has 0 spiro atoms. The fraction of sp³-hybridized carbons (Fsp3) is 0. The Kier molecular flexibility index (Phi) is 1.51. The minimum absolute atomic E-state index is 0.419. The third-order valence-corrected chi connectivity index (χ3v) is 1.000. The first-order chi connectivity index (χ1) is 4.22. The molecule has 2 radical (unpaired) electrons. The van der Waals surface area contributed by atoms with Crippen LogP contribution in [-0.2, 0) is 0 Å². The summed E-state index contributed by atoms with van der Waals surface area (Å²) in [6, 6.07) is 3.48. The number of benzene rings is 1. The molecule has 0 aliphatic carbocycles. The van der Waals surface area contributed by atoms with Crippen LogP contribution in [-0.4, -0.2) is 7.85 Å². The van der Waals surface area contributed by atoms with Crippen LogP contribution in [0, 0.1) is 11.6 Å². The van der Waals surface area contributed by atoms with Gasteiger partial charge in [-0.1, -0.05) is 6.07 Å². The van der Waals surface area contributed by atoms with Crippen molar-refractivity contribution in [3.05, 3.63) is 29.8 Å². The van der Waals surface area contributed by atoms with E-state index >= 15 is 0 Å². The molecule has 0 fully saturated rings. The summed E-state index contributed by atoms with van der Waals surface area (Å²) in [5, 5.41) is 0. The Balaban J connectivity index is 3.25. The van der Waals surface area contributed by atoms with Crippen molar-refractivity contribution in [3.63, 3.8) is 0 Å². The largest absolute Gasteiger partial charge is 0.208 e. The Morgan fingerprint density at radius 3 is 1.89 bits per heavy atom. The first-order valence-corrected chi connectivity index (χ1v) is 2.41. The Hall–Kier alpha value is -0.855. The molecule has 0 atom stereocenters. The smallest absolute Gasteiger partial charge is 0.122 e. The van der Waals surface area contributed by atoms with Gasteiger partial charge >= 0.3 is 0 Å². The highest BCUT2D eigenvalue weighted by molar-refractivity contribution is 6.32. The lowest BCUT2D eigenvalue weighted by atomic mass is 9.95. The summed E-state index contributed by atoms with van der Waals surface area (Å²) in [6.07, 6.45) is 0. The van der Waals surface area contributed by atoms with Crippen LogP contribution in [0.5, 0.6) is 0 Å². The van der Waals surface area contributed by atoms with E-state index in [2.05, 4.69) is 0 Å². The standard InChI is InChI=1S/C6H3BF2/c7-6-4(8)2-1-3-5(6)9/h1-3H. The van der Waals surface area contributed by atoms with E-state index in [9.17, 15) is 8.78 Å². The minimum Gasteiger partial charge on any atom is -0.208 e. The van der Waals surface area contributed by atoms with Crippen molar-refractivity contribution in [2.24, 2.45) is 0 Å². The molecule has 0 aliphatic heterocycles. The monoisotopic (exact) mass is 124 g/mol. The molecular formula is C6H3BF2. The van der Waals surface area contributed by atoms with Crippen molar-refractivity contribution >= 4 is 13.3 Å². The molecule has 1 aromatic carbocycles. The van der Waals surface area contributed by atoms with E-state index < -0.39 is 17.1 Å². The zero-order valence-corrected chi connectivity index (χ0v) is 4.57. The molecule has 0 nitrogen and oxygen atoms in total. The van der Waals surface area contributed by atoms with Gasteiger partial charge in [0.15, 0.2) is 0 Å². The van der Waals surface area contributed by atoms with Crippen LogP contribution in [0.1, 0.15) is 0 Å². The highest BCUT2D eigenvalue weighted by atomic mass is 19.1. The van der Waals surface area contributed by atoms with Crippen molar-refractivity contribution in [2.75, 3.05) is 0 Å². The number of rotatable bonds is 0. The quantitative estimate of drug-likeness (QED) is 0.447. The fourth-order valence-electron chi connectivity index (χ4n) is 0.511. The molecule has 9 heavy (non-hydrogen) atoms. The summed E-state index contributed by atoms with van der Waals surface area (Å²) in [4.78, 5) is 0. The van der Waals surface area contributed by atoms with E-state index in [1.165, 1.54) is 6.07 Å². The molecule has 1 rings (SSSR count). The summed E-state index contributed by atoms with van der Waals surface area (Å²) in [7, 11) is 4.93. The van der Waals surface area contributed by atoms with Gasteiger partial charge in [0.25, 0.3) is 0 Å². The van der Waals surface area contributed by atoms with E-state index in [4.69, 9.17) is 7.85 Å². The molecule has 0 bridgehead atoms. The van der Waals surface area contributed by atoms with Crippen LogP contribution >= 0.6 is 0 Å². The van der Waals surface area contributed by atoms with E-state index in [1.54, 1.807) is 0 Å². The van der Waals surface area contributed by atoms with Crippen LogP contribution in [0.4, 0.5) is 8.78 Å². The second-order valence-corrected chi connectivity index (χ2v) is 1.64. The molecule has 0 aromatic heterocycles. The van der Waals surface area contributed by atoms with Gasteiger partial charge in [-0.2, -0.15) is 0 Å². The number of halogens is 2. The van der Waals surface area contributed by atoms with E-state index in [0.717, 1.165) is 12.1 Å². The van der Waals surface area contributed by atoms with Crippen LogP contribution in [0.25, 0.3) is 0 Å². The maximum atomic E-state index is 12.2. The van der Waals surface area contributed by atoms with Gasteiger partial charge in [0.05, 0.1) is 0 Å². The van der Waals surface area contributed by atoms with Crippen molar-refractivity contribution < 1.29 is 8.78 Å². The first kappa shape index (κ1) is 6.27. The maximum absolute atomic E-state index is 12.2. The van der Waals surface area contributed by atoms with Crippen molar-refractivity contribution in [2.45, 2.75) is 0 Å². The summed E-state index contributed by atoms with van der Waals surface area (Å²) in [5.41, 5.74) is -0.419. The maximum Gasteiger partial charge on any atom is 0.122 e. The molecule has 44 valence electrons. The normalized spacial score (nSPS) is 9.56. The topological polar surface area (TPSA) is 0 Å². The number of hydrogen-bond acceptors (Lipinski definition) is 0. The Morgan fingerprint density at radius 1 is 1.11 bits per heavy atom. The van der Waals surface area contributed by atoms with Gasteiger partial charge in [-0.3, -0.25) is 0 Å². The zero-order valence-electron chi connectivity index (χ0n) is 4.57. The van der Waals surface area contributed by atoms with Gasteiger partial charge in [-0.05, 0) is 17.6 Å². The Morgan fingerprint density at radius 2 is 1.56 bits per heavy atom. The summed E-state index contributed by atoms with van der Waals surface area (Å²) >= 11 is 0. The second-order valence-electron chi connectivity index (χ2n) is 1.64. The predicted octanol–water partition coefficient (Wildman–Crippen LogP) is 0.759. The molecule has 0 amide bonds. The zero-order chi connectivity index (χ0) is 6.85. The van der Waals surface area contributed by atoms with Crippen molar-refractivity contribution in [3.8, 4) is 0 Å². The number of hydrogen-bond donors (Lipinski definition) is 0. The average Bonchev–Trinajstić information content (AvgIpc) is 1.83. The Labute approximate surface area is 52.9 Å². The first-order valence-electron chi connectivity index (χ1n) is 2.41. The fourth-order valence-corrected chi connectivity index (χ4v) is 0.511. The highest BCUT2D eigenvalue weighted by Crippen LogP contribution is 1.95. The summed E-state index contributed by atoms with van der Waals surface area (Å²) in [5.74, 6) is -1.43. The molecule has 3 heteroatoms. The lowest BCUT2D eigenvalue weighted by Gasteiger charge is -1.94. The molecule has 0 aliphatic rings. The highest BCUT2D eigenvalue weighted by Gasteiger charge is 1.98. The van der Waals surface area contributed by atoms with Crippen LogP contribution < -0.4 is 5.46 Å². The summed E-state index contributed by atoms with van der Waals surface area (Å²) < 4.78 is 24.4. The molecule has 0 heterocycles. The van der Waals surface area contributed by atoms with Crippen molar-refractivity contribution in [1.82, 2.24) is 0 Å². The molecule has 1 aromatic rings. The molecule has 0 saturated carbocycles. The third kappa shape index (κ3) is 1.09. The van der Waals surface area contributed by atoms with E-state index in [1.807, 2.05) is 0 Å². The summed E-state index contributed by atoms with van der Waals surface area (Å²) in [6.45, 7) is 0. The van der Waals surface area contributed by atoms with Crippen LogP contribution in [0.3, 0.4) is 0 Å². The molecule has 0 saturated heterocycles. The predicted molar refractivity (Wildman–Crippen MR) is 31.7 cm³/mol. The average molecular weight is 124 g/mol. The van der Waals surface area contributed by atoms with Crippen LogP contribution in [0.15, 0.2) is 18.2 Å². The van der Waals surface area contributed by atoms with Gasteiger partial charge in [0, 0.05) is 0 Å².